The smallest absolute Gasteiger partial charge is 0.398 e. The average molecular weight is 341 g/mol. The molecule has 4 N–H and O–H groups in total. The van der Waals surface area contributed by atoms with Crippen LogP contribution in [-0.2, 0) is 11.0 Å². The number of hydrogen-bond acceptors (Lipinski definition) is 3. The molecule has 1 atom stereocenters. The third-order valence-electron chi connectivity index (χ3n) is 2.37. The second kappa shape index (κ2) is 5.38. The van der Waals surface area contributed by atoms with Gasteiger partial charge in [0.25, 0.3) is 5.91 Å². The van der Waals surface area contributed by atoms with Crippen LogP contribution in [0.4, 0.5) is 24.5 Å². The van der Waals surface area contributed by atoms with E-state index >= 15 is 0 Å². The highest BCUT2D eigenvalue weighted by molar-refractivity contribution is 9.09. The minimum Gasteiger partial charge on any atom is -0.398 e. The van der Waals surface area contributed by atoms with E-state index in [9.17, 15) is 23.1 Å². The maximum Gasteiger partial charge on any atom is 0.418 e. The summed E-state index contributed by atoms with van der Waals surface area (Å²) in [6, 6.07) is 2.99. The van der Waals surface area contributed by atoms with Crippen molar-refractivity contribution in [3.63, 3.8) is 0 Å². The van der Waals surface area contributed by atoms with Gasteiger partial charge in [-0.25, -0.2) is 0 Å². The lowest BCUT2D eigenvalue weighted by Crippen LogP contribution is -2.41. The number of benzene rings is 1. The molecule has 0 saturated carbocycles. The Hall–Kier alpha value is -1.28. The summed E-state index contributed by atoms with van der Waals surface area (Å²) < 4.78 is 37.9. The molecule has 0 aliphatic carbocycles. The lowest BCUT2D eigenvalue weighted by Gasteiger charge is -2.20. The number of nitrogen functional groups attached to an aromatic ring is 1. The van der Waals surface area contributed by atoms with E-state index in [2.05, 4.69) is 21.2 Å². The molecule has 0 aliphatic rings. The number of anilines is 2. The van der Waals surface area contributed by atoms with Crippen molar-refractivity contribution in [3.8, 4) is 0 Å². The lowest BCUT2D eigenvalue weighted by atomic mass is 10.1. The molecule has 1 aromatic carbocycles. The fraction of sp³-hybridized carbons (Fsp3) is 0.364. The Balaban J connectivity index is 3.02. The van der Waals surface area contributed by atoms with Gasteiger partial charge in [0, 0.05) is 16.7 Å². The van der Waals surface area contributed by atoms with Crippen molar-refractivity contribution in [1.82, 2.24) is 0 Å². The molecule has 0 aliphatic heterocycles. The van der Waals surface area contributed by atoms with Gasteiger partial charge in [-0.3, -0.25) is 4.79 Å². The van der Waals surface area contributed by atoms with Crippen molar-refractivity contribution in [2.45, 2.75) is 18.7 Å². The molecule has 0 aromatic heterocycles. The molecule has 1 amide bonds. The number of alkyl halides is 4. The Morgan fingerprint density at radius 1 is 1.47 bits per heavy atom. The highest BCUT2D eigenvalue weighted by Gasteiger charge is 2.34. The SMILES string of the molecule is CC(O)(CBr)C(=O)Nc1ccc(N)c(C(F)(F)F)c1. The number of carbonyl (C=O) groups is 1. The van der Waals surface area contributed by atoms with Gasteiger partial charge in [0.15, 0.2) is 0 Å². The van der Waals surface area contributed by atoms with Crippen LogP contribution in [0.25, 0.3) is 0 Å². The van der Waals surface area contributed by atoms with E-state index in [-0.39, 0.29) is 11.0 Å². The van der Waals surface area contributed by atoms with E-state index in [1.807, 2.05) is 0 Å². The fourth-order valence-corrected chi connectivity index (χ4v) is 1.46. The molecule has 106 valence electrons. The number of carbonyl (C=O) groups excluding carboxylic acids is 1. The monoisotopic (exact) mass is 340 g/mol. The standard InChI is InChI=1S/C11H12BrF3N2O2/c1-10(19,5-12)9(18)17-6-2-3-8(16)7(4-6)11(13,14)15/h2-4,19H,5,16H2,1H3,(H,17,18). The van der Waals surface area contributed by atoms with Gasteiger partial charge < -0.3 is 16.2 Å². The van der Waals surface area contributed by atoms with Crippen LogP contribution in [0.2, 0.25) is 0 Å². The second-order valence-electron chi connectivity index (χ2n) is 4.16. The van der Waals surface area contributed by atoms with Gasteiger partial charge >= 0.3 is 6.18 Å². The van der Waals surface area contributed by atoms with Crippen molar-refractivity contribution < 1.29 is 23.1 Å². The number of amides is 1. The number of nitrogens with one attached hydrogen (secondary N) is 1. The summed E-state index contributed by atoms with van der Waals surface area (Å²) >= 11 is 2.93. The van der Waals surface area contributed by atoms with E-state index in [0.717, 1.165) is 12.1 Å². The van der Waals surface area contributed by atoms with Gasteiger partial charge in [-0.05, 0) is 25.1 Å². The van der Waals surface area contributed by atoms with E-state index in [4.69, 9.17) is 5.73 Å². The topological polar surface area (TPSA) is 75.3 Å². The number of hydrogen-bond donors (Lipinski definition) is 3. The van der Waals surface area contributed by atoms with Crippen molar-refractivity contribution in [2.75, 3.05) is 16.4 Å². The third kappa shape index (κ3) is 3.84. The summed E-state index contributed by atoms with van der Waals surface area (Å²) in [7, 11) is 0. The molecule has 8 heteroatoms. The van der Waals surface area contributed by atoms with Gasteiger partial charge in [-0.15, -0.1) is 0 Å². The summed E-state index contributed by atoms with van der Waals surface area (Å²) in [4.78, 5) is 11.6. The Kier molecular flexibility index (Phi) is 4.46. The van der Waals surface area contributed by atoms with Gasteiger partial charge in [0.05, 0.1) is 5.56 Å². The van der Waals surface area contributed by atoms with Crippen molar-refractivity contribution >= 4 is 33.2 Å². The number of nitrogens with two attached hydrogens (primary N) is 1. The van der Waals surface area contributed by atoms with Gasteiger partial charge in [0.1, 0.15) is 5.60 Å². The predicted molar refractivity (Wildman–Crippen MR) is 68.9 cm³/mol. The molecule has 1 rings (SSSR count). The molecule has 0 bridgehead atoms. The van der Waals surface area contributed by atoms with Crippen LogP contribution in [0.3, 0.4) is 0 Å². The summed E-state index contributed by atoms with van der Waals surface area (Å²) in [5.41, 5.74) is 1.95. The van der Waals surface area contributed by atoms with Crippen LogP contribution >= 0.6 is 15.9 Å². The normalized spacial score (nSPS) is 14.8. The van der Waals surface area contributed by atoms with Gasteiger partial charge in [-0.2, -0.15) is 13.2 Å². The Morgan fingerprint density at radius 2 is 2.05 bits per heavy atom. The zero-order chi connectivity index (χ0) is 14.8. The molecule has 0 saturated heterocycles. The molecular weight excluding hydrogens is 329 g/mol. The number of rotatable bonds is 3. The molecule has 0 spiro atoms. The molecule has 1 unspecified atom stereocenters. The van der Waals surface area contributed by atoms with E-state index in [1.54, 1.807) is 0 Å². The first kappa shape index (κ1) is 15.8. The minimum absolute atomic E-state index is 0.0487. The van der Waals surface area contributed by atoms with Crippen LogP contribution < -0.4 is 11.1 Å². The molecule has 0 fully saturated rings. The number of halogens is 4. The molecule has 4 nitrogen and oxygen atoms in total. The quantitative estimate of drug-likeness (QED) is 0.584. The van der Waals surface area contributed by atoms with Crippen LogP contribution in [0, 0.1) is 0 Å². The summed E-state index contributed by atoms with van der Waals surface area (Å²) in [6.45, 7) is 1.24. The first-order valence-corrected chi connectivity index (χ1v) is 6.26. The average Bonchev–Trinajstić information content (AvgIpc) is 2.30. The van der Waals surface area contributed by atoms with E-state index < -0.39 is 28.9 Å². The predicted octanol–water partition coefficient (Wildman–Crippen LogP) is 2.37. The van der Waals surface area contributed by atoms with Gasteiger partial charge in [-0.1, -0.05) is 15.9 Å². The second-order valence-corrected chi connectivity index (χ2v) is 4.72. The summed E-state index contributed by atoms with van der Waals surface area (Å²) in [5, 5.41) is 11.8. The fourth-order valence-electron chi connectivity index (χ4n) is 1.21. The highest BCUT2D eigenvalue weighted by Crippen LogP contribution is 2.35. The summed E-state index contributed by atoms with van der Waals surface area (Å²) in [6.07, 6.45) is -4.61. The molecule has 1 aromatic rings. The van der Waals surface area contributed by atoms with E-state index in [1.165, 1.54) is 13.0 Å². The first-order valence-electron chi connectivity index (χ1n) is 5.14. The molecule has 0 heterocycles. The maximum absolute atomic E-state index is 12.6. The van der Waals surface area contributed by atoms with Crippen LogP contribution in [0.5, 0.6) is 0 Å². The van der Waals surface area contributed by atoms with Crippen molar-refractivity contribution in [3.05, 3.63) is 23.8 Å². The van der Waals surface area contributed by atoms with Crippen LogP contribution in [-0.4, -0.2) is 21.9 Å². The third-order valence-corrected chi connectivity index (χ3v) is 3.46. The zero-order valence-electron chi connectivity index (χ0n) is 9.88. The Morgan fingerprint density at radius 3 is 2.53 bits per heavy atom. The zero-order valence-corrected chi connectivity index (χ0v) is 11.5. The molecular formula is C11H12BrF3N2O2. The summed E-state index contributed by atoms with van der Waals surface area (Å²) in [5.74, 6) is -0.817. The lowest BCUT2D eigenvalue weighted by molar-refractivity contribution is -0.137. The van der Waals surface area contributed by atoms with Crippen molar-refractivity contribution in [2.24, 2.45) is 0 Å². The number of aliphatic hydroxyl groups is 1. The maximum atomic E-state index is 12.6. The highest BCUT2D eigenvalue weighted by atomic mass is 79.9. The van der Waals surface area contributed by atoms with E-state index in [0.29, 0.717) is 0 Å². The minimum atomic E-state index is -4.61. The van der Waals surface area contributed by atoms with Crippen LogP contribution in [0.1, 0.15) is 12.5 Å². The van der Waals surface area contributed by atoms with Crippen molar-refractivity contribution in [1.29, 1.82) is 0 Å². The van der Waals surface area contributed by atoms with Gasteiger partial charge in [0.2, 0.25) is 0 Å². The largest absolute Gasteiger partial charge is 0.418 e. The first-order chi connectivity index (χ1) is 8.58. The Bertz CT molecular complexity index is 489. The molecule has 19 heavy (non-hydrogen) atoms. The molecule has 0 radical (unpaired) electrons. The van der Waals surface area contributed by atoms with Crippen LogP contribution in [0.15, 0.2) is 18.2 Å². The Labute approximate surface area is 115 Å².